The molecule has 0 aliphatic rings. The first kappa shape index (κ1) is 12.5. The van der Waals surface area contributed by atoms with Crippen LogP contribution in [0.15, 0.2) is 34.7 Å². The highest BCUT2D eigenvalue weighted by Crippen LogP contribution is 2.33. The van der Waals surface area contributed by atoms with Crippen molar-refractivity contribution in [3.05, 3.63) is 41.7 Å². The standard InChI is InChI=1S/C13H11F3O2/c1-2-11-10(17)7-12(18-11)8-3-5-9(6-4-8)13(14,15)16/h3-7,17H,2H2,1H3. The lowest BCUT2D eigenvalue weighted by molar-refractivity contribution is -0.137. The van der Waals surface area contributed by atoms with Crippen molar-refractivity contribution < 1.29 is 22.7 Å². The van der Waals surface area contributed by atoms with Crippen LogP contribution in [0, 0.1) is 0 Å². The van der Waals surface area contributed by atoms with Crippen molar-refractivity contribution in [1.29, 1.82) is 0 Å². The third-order valence-corrected chi connectivity index (χ3v) is 2.60. The molecule has 96 valence electrons. The summed E-state index contributed by atoms with van der Waals surface area (Å²) in [6.07, 6.45) is -3.83. The van der Waals surface area contributed by atoms with E-state index in [4.69, 9.17) is 4.42 Å². The van der Waals surface area contributed by atoms with Crippen molar-refractivity contribution in [3.63, 3.8) is 0 Å². The van der Waals surface area contributed by atoms with E-state index in [-0.39, 0.29) is 5.75 Å². The van der Waals surface area contributed by atoms with E-state index in [0.717, 1.165) is 12.1 Å². The van der Waals surface area contributed by atoms with E-state index in [1.165, 1.54) is 18.2 Å². The van der Waals surface area contributed by atoms with Gasteiger partial charge in [-0.2, -0.15) is 13.2 Å². The Bertz CT molecular complexity index is 538. The zero-order valence-corrected chi connectivity index (χ0v) is 9.58. The molecule has 1 aromatic carbocycles. The molecule has 18 heavy (non-hydrogen) atoms. The molecule has 0 radical (unpaired) electrons. The second-order valence-corrected chi connectivity index (χ2v) is 3.85. The lowest BCUT2D eigenvalue weighted by Crippen LogP contribution is -2.03. The fourth-order valence-electron chi connectivity index (χ4n) is 1.64. The summed E-state index contributed by atoms with van der Waals surface area (Å²) in [5, 5.41) is 9.50. The number of aromatic hydroxyl groups is 1. The van der Waals surface area contributed by atoms with E-state index in [1.807, 2.05) is 6.92 Å². The second-order valence-electron chi connectivity index (χ2n) is 3.85. The van der Waals surface area contributed by atoms with Crippen LogP contribution in [0.4, 0.5) is 13.2 Å². The highest BCUT2D eigenvalue weighted by atomic mass is 19.4. The van der Waals surface area contributed by atoms with Gasteiger partial charge < -0.3 is 9.52 Å². The van der Waals surface area contributed by atoms with E-state index in [0.29, 0.717) is 23.5 Å². The first-order valence-electron chi connectivity index (χ1n) is 5.41. The van der Waals surface area contributed by atoms with Gasteiger partial charge in [-0.25, -0.2) is 0 Å². The van der Waals surface area contributed by atoms with Crippen LogP contribution in [0.1, 0.15) is 18.2 Å². The van der Waals surface area contributed by atoms with Crippen LogP contribution in [-0.4, -0.2) is 5.11 Å². The summed E-state index contributed by atoms with van der Waals surface area (Å²) in [5.41, 5.74) is -0.212. The first-order chi connectivity index (χ1) is 8.41. The predicted octanol–water partition coefficient (Wildman–Crippen LogP) is 4.23. The molecule has 0 aliphatic carbocycles. The largest absolute Gasteiger partial charge is 0.504 e. The Labute approximate surface area is 102 Å². The molecule has 0 fully saturated rings. The molecule has 0 saturated heterocycles. The lowest BCUT2D eigenvalue weighted by atomic mass is 10.1. The summed E-state index contributed by atoms with van der Waals surface area (Å²) in [7, 11) is 0. The number of aryl methyl sites for hydroxylation is 1. The molecular weight excluding hydrogens is 245 g/mol. The third kappa shape index (κ3) is 2.34. The Morgan fingerprint density at radius 1 is 1.17 bits per heavy atom. The van der Waals surface area contributed by atoms with Gasteiger partial charge >= 0.3 is 6.18 Å². The summed E-state index contributed by atoms with van der Waals surface area (Å²) in [6, 6.07) is 6.02. The number of hydrogen-bond donors (Lipinski definition) is 1. The highest BCUT2D eigenvalue weighted by molar-refractivity contribution is 5.60. The molecule has 1 N–H and O–H groups in total. The van der Waals surface area contributed by atoms with E-state index >= 15 is 0 Å². The Kier molecular flexibility index (Phi) is 3.07. The SMILES string of the molecule is CCc1oc(-c2ccc(C(F)(F)F)cc2)cc1O. The molecule has 0 aliphatic heterocycles. The predicted molar refractivity (Wildman–Crippen MR) is 60.2 cm³/mol. The Balaban J connectivity index is 2.34. The molecular formula is C13H11F3O2. The average Bonchev–Trinajstić information content (AvgIpc) is 2.69. The third-order valence-electron chi connectivity index (χ3n) is 2.60. The van der Waals surface area contributed by atoms with E-state index < -0.39 is 11.7 Å². The summed E-state index contributed by atoms with van der Waals surface area (Å²) < 4.78 is 42.5. The fraction of sp³-hybridized carbons (Fsp3) is 0.231. The normalized spacial score (nSPS) is 11.8. The van der Waals surface area contributed by atoms with Gasteiger partial charge in [-0.1, -0.05) is 19.1 Å². The van der Waals surface area contributed by atoms with Gasteiger partial charge in [-0.15, -0.1) is 0 Å². The second kappa shape index (κ2) is 4.40. The van der Waals surface area contributed by atoms with Crippen molar-refractivity contribution in [1.82, 2.24) is 0 Å². The monoisotopic (exact) mass is 256 g/mol. The molecule has 1 heterocycles. The van der Waals surface area contributed by atoms with Crippen LogP contribution in [0.2, 0.25) is 0 Å². The summed E-state index contributed by atoms with van der Waals surface area (Å²) in [4.78, 5) is 0. The Hall–Kier alpha value is -1.91. The fourth-order valence-corrected chi connectivity index (χ4v) is 1.64. The van der Waals surface area contributed by atoms with Gasteiger partial charge in [-0.3, -0.25) is 0 Å². The van der Waals surface area contributed by atoms with Crippen LogP contribution in [0.5, 0.6) is 5.75 Å². The first-order valence-corrected chi connectivity index (χ1v) is 5.41. The molecule has 1 aromatic heterocycles. The zero-order valence-electron chi connectivity index (χ0n) is 9.58. The molecule has 2 nitrogen and oxygen atoms in total. The van der Waals surface area contributed by atoms with E-state index in [1.54, 1.807) is 0 Å². The molecule has 5 heteroatoms. The molecule has 2 aromatic rings. The molecule has 0 spiro atoms. The van der Waals surface area contributed by atoms with Crippen LogP contribution in [-0.2, 0) is 12.6 Å². The van der Waals surface area contributed by atoms with Crippen LogP contribution < -0.4 is 0 Å². The molecule has 0 amide bonds. The van der Waals surface area contributed by atoms with Crippen LogP contribution in [0.25, 0.3) is 11.3 Å². The maximum atomic E-state index is 12.4. The maximum Gasteiger partial charge on any atom is 0.416 e. The van der Waals surface area contributed by atoms with Gasteiger partial charge in [-0.05, 0) is 12.1 Å². The van der Waals surface area contributed by atoms with Gasteiger partial charge in [0.1, 0.15) is 11.5 Å². The zero-order chi connectivity index (χ0) is 13.3. The van der Waals surface area contributed by atoms with Crippen LogP contribution >= 0.6 is 0 Å². The molecule has 0 saturated carbocycles. The number of furan rings is 1. The van der Waals surface area contributed by atoms with E-state index in [2.05, 4.69) is 0 Å². The van der Waals surface area contributed by atoms with Crippen molar-refractivity contribution in [2.24, 2.45) is 0 Å². The minimum atomic E-state index is -4.35. The summed E-state index contributed by atoms with van der Waals surface area (Å²) in [6.45, 7) is 1.81. The molecule has 2 rings (SSSR count). The Morgan fingerprint density at radius 2 is 1.78 bits per heavy atom. The smallest absolute Gasteiger partial charge is 0.416 e. The van der Waals surface area contributed by atoms with E-state index in [9.17, 15) is 18.3 Å². The van der Waals surface area contributed by atoms with Gasteiger partial charge in [0.15, 0.2) is 5.75 Å². The van der Waals surface area contributed by atoms with Gasteiger partial charge in [0.25, 0.3) is 0 Å². The highest BCUT2D eigenvalue weighted by Gasteiger charge is 2.30. The van der Waals surface area contributed by atoms with Crippen molar-refractivity contribution >= 4 is 0 Å². The van der Waals surface area contributed by atoms with Crippen LogP contribution in [0.3, 0.4) is 0 Å². The van der Waals surface area contributed by atoms with Crippen molar-refractivity contribution in [2.75, 3.05) is 0 Å². The van der Waals surface area contributed by atoms with Gasteiger partial charge in [0.2, 0.25) is 0 Å². The lowest BCUT2D eigenvalue weighted by Gasteiger charge is -2.06. The average molecular weight is 256 g/mol. The van der Waals surface area contributed by atoms with Gasteiger partial charge in [0, 0.05) is 18.1 Å². The number of hydrogen-bond acceptors (Lipinski definition) is 2. The van der Waals surface area contributed by atoms with Crippen molar-refractivity contribution in [2.45, 2.75) is 19.5 Å². The topological polar surface area (TPSA) is 33.4 Å². The Morgan fingerprint density at radius 3 is 2.22 bits per heavy atom. The number of halogens is 3. The summed E-state index contributed by atoms with van der Waals surface area (Å²) in [5.74, 6) is 0.801. The summed E-state index contributed by atoms with van der Waals surface area (Å²) >= 11 is 0. The molecule has 0 atom stereocenters. The molecule has 0 bridgehead atoms. The minimum absolute atomic E-state index is 0.0207. The maximum absolute atomic E-state index is 12.4. The number of benzene rings is 1. The number of rotatable bonds is 2. The van der Waals surface area contributed by atoms with Gasteiger partial charge in [0.05, 0.1) is 5.56 Å². The number of alkyl halides is 3. The molecule has 0 unspecified atom stereocenters. The minimum Gasteiger partial charge on any atom is -0.504 e. The van der Waals surface area contributed by atoms with Crippen molar-refractivity contribution in [3.8, 4) is 17.1 Å². The quantitative estimate of drug-likeness (QED) is 0.872.